The van der Waals surface area contributed by atoms with Crippen LogP contribution in [0.15, 0.2) is 47.2 Å². The molecule has 2 aromatic rings. The lowest BCUT2D eigenvalue weighted by atomic mass is 10.0. The molecule has 0 saturated heterocycles. The zero-order valence-corrected chi connectivity index (χ0v) is 13.3. The number of halogens is 2. The first-order chi connectivity index (χ1) is 8.70. The number of rotatable bonds is 4. The Morgan fingerprint density at radius 2 is 2.00 bits per heavy atom. The Bertz CT molecular complexity index is 519. The Labute approximate surface area is 128 Å². The normalized spacial score (nSPS) is 12.4. The van der Waals surface area contributed by atoms with E-state index in [0.29, 0.717) is 0 Å². The maximum atomic E-state index is 5.68. The SMILES string of the molecule is NNC(Cc1ccncc1)c1cc(I)ccc1Br. The second-order valence-electron chi connectivity index (χ2n) is 3.94. The summed E-state index contributed by atoms with van der Waals surface area (Å²) in [6.07, 6.45) is 4.43. The molecular formula is C13H13BrIN3. The molecular weight excluding hydrogens is 405 g/mol. The van der Waals surface area contributed by atoms with Crippen molar-refractivity contribution in [2.75, 3.05) is 0 Å². The van der Waals surface area contributed by atoms with Gasteiger partial charge in [-0.2, -0.15) is 0 Å². The van der Waals surface area contributed by atoms with Gasteiger partial charge in [-0.3, -0.25) is 16.3 Å². The van der Waals surface area contributed by atoms with Crippen LogP contribution >= 0.6 is 38.5 Å². The molecule has 0 aliphatic carbocycles. The molecule has 3 nitrogen and oxygen atoms in total. The van der Waals surface area contributed by atoms with E-state index in [1.807, 2.05) is 18.2 Å². The van der Waals surface area contributed by atoms with Crippen LogP contribution in [0.5, 0.6) is 0 Å². The number of aromatic nitrogens is 1. The van der Waals surface area contributed by atoms with Crippen molar-refractivity contribution in [2.24, 2.45) is 5.84 Å². The highest BCUT2D eigenvalue weighted by atomic mass is 127. The second-order valence-corrected chi connectivity index (χ2v) is 6.04. The molecule has 1 heterocycles. The largest absolute Gasteiger partial charge is 0.271 e. The van der Waals surface area contributed by atoms with Crippen molar-refractivity contribution in [3.05, 3.63) is 61.9 Å². The standard InChI is InChI=1S/C13H13BrIN3/c14-12-2-1-10(15)8-11(12)13(18-16)7-9-3-5-17-6-4-9/h1-6,8,13,18H,7,16H2. The Balaban J connectivity index is 2.26. The van der Waals surface area contributed by atoms with Gasteiger partial charge < -0.3 is 0 Å². The van der Waals surface area contributed by atoms with Crippen molar-refractivity contribution in [1.82, 2.24) is 10.4 Å². The minimum atomic E-state index is 0.0801. The molecule has 0 saturated carbocycles. The number of benzene rings is 1. The summed E-state index contributed by atoms with van der Waals surface area (Å²) in [4.78, 5) is 4.02. The predicted molar refractivity (Wildman–Crippen MR) is 84.9 cm³/mol. The predicted octanol–water partition coefficient (Wildman–Crippen LogP) is 3.20. The topological polar surface area (TPSA) is 50.9 Å². The van der Waals surface area contributed by atoms with E-state index in [0.717, 1.165) is 10.9 Å². The van der Waals surface area contributed by atoms with Crippen LogP contribution in [0, 0.1) is 3.57 Å². The van der Waals surface area contributed by atoms with E-state index >= 15 is 0 Å². The first-order valence-corrected chi connectivity index (χ1v) is 7.38. The van der Waals surface area contributed by atoms with Crippen molar-refractivity contribution in [3.63, 3.8) is 0 Å². The molecule has 0 amide bonds. The number of nitrogens with two attached hydrogens (primary N) is 1. The van der Waals surface area contributed by atoms with Gasteiger partial charge in [0, 0.05) is 20.4 Å². The van der Waals surface area contributed by atoms with Gasteiger partial charge >= 0.3 is 0 Å². The first-order valence-electron chi connectivity index (χ1n) is 5.50. The number of hydrazine groups is 1. The molecule has 18 heavy (non-hydrogen) atoms. The molecule has 0 aliphatic heterocycles. The molecule has 1 atom stereocenters. The van der Waals surface area contributed by atoms with E-state index < -0.39 is 0 Å². The van der Waals surface area contributed by atoms with Crippen molar-refractivity contribution >= 4 is 38.5 Å². The molecule has 94 valence electrons. The molecule has 2 rings (SSSR count). The van der Waals surface area contributed by atoms with Gasteiger partial charge in [-0.25, -0.2) is 0 Å². The number of hydrogen-bond acceptors (Lipinski definition) is 3. The number of pyridine rings is 1. The average Bonchev–Trinajstić information content (AvgIpc) is 2.40. The van der Waals surface area contributed by atoms with E-state index in [-0.39, 0.29) is 6.04 Å². The van der Waals surface area contributed by atoms with Gasteiger partial charge in [-0.05, 0) is 70.5 Å². The molecule has 5 heteroatoms. The van der Waals surface area contributed by atoms with Gasteiger partial charge in [0.15, 0.2) is 0 Å². The Hall–Kier alpha value is -0.500. The molecule has 0 radical (unpaired) electrons. The summed E-state index contributed by atoms with van der Waals surface area (Å²) in [5.41, 5.74) is 5.26. The lowest BCUT2D eigenvalue weighted by Crippen LogP contribution is -2.30. The first kappa shape index (κ1) is 13.9. The lowest BCUT2D eigenvalue weighted by Gasteiger charge is -2.18. The van der Waals surface area contributed by atoms with Gasteiger partial charge in [0.25, 0.3) is 0 Å². The highest BCUT2D eigenvalue weighted by Gasteiger charge is 2.14. The van der Waals surface area contributed by atoms with E-state index in [1.165, 1.54) is 14.7 Å². The van der Waals surface area contributed by atoms with Crippen molar-refractivity contribution in [2.45, 2.75) is 12.5 Å². The quantitative estimate of drug-likeness (QED) is 0.456. The third kappa shape index (κ3) is 3.50. The van der Waals surface area contributed by atoms with Gasteiger partial charge in [-0.15, -0.1) is 0 Å². The molecule has 0 spiro atoms. The lowest BCUT2D eigenvalue weighted by molar-refractivity contribution is 0.549. The number of nitrogens with zero attached hydrogens (tertiary/aromatic N) is 1. The maximum Gasteiger partial charge on any atom is 0.0511 e. The molecule has 1 unspecified atom stereocenters. The van der Waals surface area contributed by atoms with E-state index in [2.05, 4.69) is 61.1 Å². The maximum absolute atomic E-state index is 5.68. The Morgan fingerprint density at radius 1 is 1.28 bits per heavy atom. The molecule has 1 aromatic carbocycles. The smallest absolute Gasteiger partial charge is 0.0511 e. The molecule has 1 aromatic heterocycles. The summed E-state index contributed by atoms with van der Waals surface area (Å²) in [7, 11) is 0. The highest BCUT2D eigenvalue weighted by Crippen LogP contribution is 2.27. The zero-order valence-electron chi connectivity index (χ0n) is 9.61. The monoisotopic (exact) mass is 417 g/mol. The second kappa shape index (κ2) is 6.60. The van der Waals surface area contributed by atoms with Crippen LogP contribution in [-0.4, -0.2) is 4.98 Å². The van der Waals surface area contributed by atoms with Crippen LogP contribution in [0.4, 0.5) is 0 Å². The van der Waals surface area contributed by atoms with Crippen molar-refractivity contribution in [1.29, 1.82) is 0 Å². The van der Waals surface area contributed by atoms with Crippen LogP contribution in [-0.2, 0) is 6.42 Å². The summed E-state index contributed by atoms with van der Waals surface area (Å²) in [6.45, 7) is 0. The number of nitrogens with one attached hydrogen (secondary N) is 1. The van der Waals surface area contributed by atoms with Gasteiger partial charge in [-0.1, -0.05) is 15.9 Å². The van der Waals surface area contributed by atoms with Crippen molar-refractivity contribution < 1.29 is 0 Å². The summed E-state index contributed by atoms with van der Waals surface area (Å²) in [5.74, 6) is 5.68. The van der Waals surface area contributed by atoms with Crippen LogP contribution in [0.1, 0.15) is 17.2 Å². The Kier molecular flexibility index (Phi) is 5.11. The fraction of sp³-hybridized carbons (Fsp3) is 0.154. The summed E-state index contributed by atoms with van der Waals surface area (Å²) in [6, 6.07) is 10.3. The third-order valence-corrected chi connectivity index (χ3v) is 4.12. The molecule has 0 fully saturated rings. The van der Waals surface area contributed by atoms with E-state index in [9.17, 15) is 0 Å². The minimum Gasteiger partial charge on any atom is -0.271 e. The van der Waals surface area contributed by atoms with Crippen LogP contribution in [0.25, 0.3) is 0 Å². The van der Waals surface area contributed by atoms with E-state index in [4.69, 9.17) is 5.84 Å². The summed E-state index contributed by atoms with van der Waals surface area (Å²) >= 11 is 5.88. The van der Waals surface area contributed by atoms with Crippen molar-refractivity contribution in [3.8, 4) is 0 Å². The highest BCUT2D eigenvalue weighted by molar-refractivity contribution is 14.1. The van der Waals surface area contributed by atoms with Gasteiger partial charge in [0.2, 0.25) is 0 Å². The molecule has 0 aliphatic rings. The fourth-order valence-electron chi connectivity index (χ4n) is 1.79. The van der Waals surface area contributed by atoms with Gasteiger partial charge in [0.1, 0.15) is 0 Å². The Morgan fingerprint density at radius 3 is 2.67 bits per heavy atom. The molecule has 0 bridgehead atoms. The fourth-order valence-corrected chi connectivity index (χ4v) is 2.83. The number of hydrogen-bond donors (Lipinski definition) is 2. The van der Waals surface area contributed by atoms with E-state index in [1.54, 1.807) is 12.4 Å². The summed E-state index contributed by atoms with van der Waals surface area (Å²) < 4.78 is 2.26. The summed E-state index contributed by atoms with van der Waals surface area (Å²) in [5, 5.41) is 0. The average molecular weight is 418 g/mol. The minimum absolute atomic E-state index is 0.0801. The van der Waals surface area contributed by atoms with Crippen LogP contribution in [0.3, 0.4) is 0 Å². The van der Waals surface area contributed by atoms with Crippen LogP contribution < -0.4 is 11.3 Å². The third-order valence-electron chi connectivity index (χ3n) is 2.72. The van der Waals surface area contributed by atoms with Gasteiger partial charge in [0.05, 0.1) is 6.04 Å². The molecule has 3 N–H and O–H groups in total. The van der Waals surface area contributed by atoms with Crippen LogP contribution in [0.2, 0.25) is 0 Å². The zero-order chi connectivity index (χ0) is 13.0.